The topological polar surface area (TPSA) is 181 Å². The molecule has 2 aromatic rings. The molecule has 0 aliphatic carbocycles. The smallest absolute Gasteiger partial charge is 0.296 e. The Bertz CT molecular complexity index is 1680. The number of ether oxygens (including phenoxy) is 2. The van der Waals surface area contributed by atoms with Crippen molar-refractivity contribution in [3.8, 4) is 5.75 Å². The number of aromatic hydroxyl groups is 1. The number of sulfonamides is 1. The van der Waals surface area contributed by atoms with Crippen LogP contribution in [0.15, 0.2) is 27.9 Å². The Morgan fingerprint density at radius 2 is 1.70 bits per heavy atom. The van der Waals surface area contributed by atoms with Gasteiger partial charge in [-0.1, -0.05) is 0 Å². The van der Waals surface area contributed by atoms with E-state index in [1.807, 2.05) is 0 Å². The van der Waals surface area contributed by atoms with Gasteiger partial charge in [-0.05, 0) is 23.8 Å². The zero-order valence-corrected chi connectivity index (χ0v) is 25.3. The van der Waals surface area contributed by atoms with Gasteiger partial charge in [0.05, 0.1) is 18.0 Å². The van der Waals surface area contributed by atoms with Crippen molar-refractivity contribution in [2.45, 2.75) is 36.4 Å². The molecular weight excluding hydrogens is 611 g/mol. The Kier molecular flexibility index (Phi) is 8.64. The van der Waals surface area contributed by atoms with Gasteiger partial charge in [0.15, 0.2) is 5.69 Å². The lowest BCUT2D eigenvalue weighted by molar-refractivity contribution is -0.139. The van der Waals surface area contributed by atoms with Crippen LogP contribution in [0.25, 0.3) is 0 Å². The molecule has 0 radical (unpaired) electrons. The number of piperazine rings is 1. The van der Waals surface area contributed by atoms with Crippen LogP contribution >= 0.6 is 0 Å². The lowest BCUT2D eigenvalue weighted by Gasteiger charge is -2.40. The molecule has 2 saturated heterocycles. The maximum atomic E-state index is 14.6. The van der Waals surface area contributed by atoms with Crippen LogP contribution in [0.3, 0.4) is 0 Å². The van der Waals surface area contributed by atoms with Crippen LogP contribution in [-0.2, 0) is 48.4 Å². The number of nitrogens with one attached hydrogen (secondary N) is 1. The van der Waals surface area contributed by atoms with Crippen LogP contribution in [-0.4, -0.2) is 110 Å². The van der Waals surface area contributed by atoms with Crippen LogP contribution in [0.2, 0.25) is 0 Å². The lowest BCUT2D eigenvalue weighted by atomic mass is 9.91. The summed E-state index contributed by atoms with van der Waals surface area (Å²) >= 11 is 0. The number of carbonyl (C=O) groups excluding carboxylic acids is 1. The van der Waals surface area contributed by atoms with Crippen molar-refractivity contribution >= 4 is 26.1 Å². The van der Waals surface area contributed by atoms with E-state index in [2.05, 4.69) is 10.3 Å². The number of rotatable bonds is 7. The molecular formula is C25H33FN6O9S2. The van der Waals surface area contributed by atoms with Gasteiger partial charge in [0.1, 0.15) is 17.2 Å². The highest BCUT2D eigenvalue weighted by atomic mass is 32.2. The molecule has 5 rings (SSSR count). The summed E-state index contributed by atoms with van der Waals surface area (Å²) in [6.07, 6.45) is 0.818. The number of benzene rings is 1. The monoisotopic (exact) mass is 644 g/mol. The van der Waals surface area contributed by atoms with Crippen LogP contribution < -0.4 is 10.9 Å². The number of aromatic nitrogens is 2. The minimum absolute atomic E-state index is 0.0748. The highest BCUT2D eigenvalue weighted by Crippen LogP contribution is 2.37. The summed E-state index contributed by atoms with van der Waals surface area (Å²) in [5.74, 6) is -2.42. The van der Waals surface area contributed by atoms with E-state index in [1.54, 1.807) is 0 Å². The third-order valence-corrected chi connectivity index (χ3v) is 11.6. The lowest BCUT2D eigenvalue weighted by Crippen LogP contribution is -2.52. The van der Waals surface area contributed by atoms with Gasteiger partial charge in [0.2, 0.25) is 15.8 Å². The van der Waals surface area contributed by atoms with Gasteiger partial charge in [0.25, 0.3) is 21.7 Å². The van der Waals surface area contributed by atoms with E-state index in [0.29, 0.717) is 26.1 Å². The van der Waals surface area contributed by atoms with Gasteiger partial charge < -0.3 is 19.9 Å². The summed E-state index contributed by atoms with van der Waals surface area (Å²) in [6.45, 7) is 0.367. The number of carbonyl (C=O) groups is 1. The third kappa shape index (κ3) is 5.92. The summed E-state index contributed by atoms with van der Waals surface area (Å²) in [5, 5.41) is 13.0. The fourth-order valence-corrected chi connectivity index (χ4v) is 7.97. The van der Waals surface area contributed by atoms with Gasteiger partial charge in [-0.25, -0.2) is 17.8 Å². The van der Waals surface area contributed by atoms with Crippen LogP contribution in [0.4, 0.5) is 4.39 Å². The molecule has 0 atom stereocenters. The van der Waals surface area contributed by atoms with Crippen LogP contribution in [0.1, 0.15) is 34.7 Å². The van der Waals surface area contributed by atoms with Gasteiger partial charge in [-0.15, -0.1) is 0 Å². The van der Waals surface area contributed by atoms with Crippen molar-refractivity contribution in [3.63, 3.8) is 0 Å². The first-order chi connectivity index (χ1) is 20.3. The summed E-state index contributed by atoms with van der Waals surface area (Å²) in [6, 6.07) is 3.08. The predicted molar refractivity (Wildman–Crippen MR) is 148 cm³/mol. The van der Waals surface area contributed by atoms with Gasteiger partial charge in [-0.3, -0.25) is 14.2 Å². The first kappa shape index (κ1) is 31.4. The molecule has 0 saturated carbocycles. The molecule has 3 aliphatic rings. The molecule has 0 unspecified atom stereocenters. The minimum Gasteiger partial charge on any atom is -0.501 e. The molecule has 236 valence electrons. The zero-order valence-electron chi connectivity index (χ0n) is 23.7. The Morgan fingerprint density at radius 3 is 2.35 bits per heavy atom. The molecule has 1 spiro atoms. The number of amides is 1. The van der Waals surface area contributed by atoms with Gasteiger partial charge >= 0.3 is 0 Å². The highest BCUT2D eigenvalue weighted by Gasteiger charge is 2.43. The molecule has 3 aliphatic heterocycles. The minimum atomic E-state index is -4.20. The number of halogens is 1. The molecule has 18 heteroatoms. The van der Waals surface area contributed by atoms with Crippen molar-refractivity contribution < 1.29 is 40.6 Å². The fourth-order valence-electron chi connectivity index (χ4n) is 5.38. The highest BCUT2D eigenvalue weighted by molar-refractivity contribution is 7.89. The maximum Gasteiger partial charge on any atom is 0.296 e. The average molecular weight is 645 g/mol. The first-order valence-electron chi connectivity index (χ1n) is 13.6. The molecule has 1 aromatic heterocycles. The molecule has 43 heavy (non-hydrogen) atoms. The largest absolute Gasteiger partial charge is 0.501 e. The Morgan fingerprint density at radius 1 is 1.05 bits per heavy atom. The molecule has 1 amide bonds. The Hall–Kier alpha value is -3.00. The Labute approximate surface area is 248 Å². The summed E-state index contributed by atoms with van der Waals surface area (Å²) < 4.78 is 81.9. The molecule has 15 nitrogen and oxygen atoms in total. The van der Waals surface area contributed by atoms with Gasteiger partial charge in [0, 0.05) is 72.9 Å². The van der Waals surface area contributed by atoms with E-state index < -0.39 is 54.6 Å². The quantitative estimate of drug-likeness (QED) is 0.386. The summed E-state index contributed by atoms with van der Waals surface area (Å²) in [5.41, 5.74) is -2.16. The van der Waals surface area contributed by atoms with Crippen molar-refractivity contribution in [3.05, 3.63) is 51.5 Å². The SMILES string of the molecule is CN(C)S(=O)(=O)N1CCN(S(=O)(=O)c2cc(F)cc(CNC(=O)c3nc4n(c(=O)c3O)CCOC43CCOCC3)c2)CC1. The zero-order chi connectivity index (χ0) is 31.2. The second kappa shape index (κ2) is 11.8. The van der Waals surface area contributed by atoms with Crippen LogP contribution in [0.5, 0.6) is 5.75 Å². The molecule has 2 fully saturated rings. The number of nitrogens with zero attached hydrogens (tertiary/aromatic N) is 5. The third-order valence-electron chi connectivity index (χ3n) is 7.77. The first-order valence-corrected chi connectivity index (χ1v) is 16.4. The standard InChI is InChI=1S/C25H33FN6O9S2/c1-29(2)43(38,39)31-7-5-30(6-8-31)42(36,37)19-14-17(13-18(26)15-19)16-27-22(34)20-21(33)23(35)32-9-12-41-25(24(32)28-20)3-10-40-11-4-25/h13-15,33H,3-12,16H2,1-2H3,(H,27,34). The second-order valence-corrected chi connectivity index (χ2v) is 14.7. The predicted octanol–water partition coefficient (Wildman–Crippen LogP) is -0.833. The van der Waals surface area contributed by atoms with Crippen molar-refractivity contribution in [2.24, 2.45) is 0 Å². The van der Waals surface area contributed by atoms with E-state index in [1.165, 1.54) is 24.7 Å². The molecule has 4 heterocycles. The summed E-state index contributed by atoms with van der Waals surface area (Å²) in [7, 11) is -5.16. The van der Waals surface area contributed by atoms with E-state index in [4.69, 9.17) is 9.47 Å². The van der Waals surface area contributed by atoms with E-state index >= 15 is 0 Å². The second-order valence-electron chi connectivity index (χ2n) is 10.6. The van der Waals surface area contributed by atoms with Crippen LogP contribution in [0, 0.1) is 5.82 Å². The molecule has 1 aromatic carbocycles. The molecule has 0 bridgehead atoms. The Balaban J connectivity index is 1.33. The van der Waals surface area contributed by atoms with E-state index in [0.717, 1.165) is 25.0 Å². The molecule has 2 N–H and O–H groups in total. The normalized spacial score (nSPS) is 19.8. The maximum absolute atomic E-state index is 14.6. The fraction of sp³-hybridized carbons (Fsp3) is 0.560. The summed E-state index contributed by atoms with van der Waals surface area (Å²) in [4.78, 5) is 30.0. The van der Waals surface area contributed by atoms with E-state index in [9.17, 15) is 35.9 Å². The van der Waals surface area contributed by atoms with Crippen molar-refractivity contribution in [1.29, 1.82) is 0 Å². The van der Waals surface area contributed by atoms with Gasteiger partial charge in [-0.2, -0.15) is 21.3 Å². The average Bonchev–Trinajstić information content (AvgIpc) is 2.98. The van der Waals surface area contributed by atoms with E-state index in [-0.39, 0.29) is 62.2 Å². The van der Waals surface area contributed by atoms with Crippen molar-refractivity contribution in [1.82, 2.24) is 27.8 Å². The van der Waals surface area contributed by atoms with Crippen molar-refractivity contribution in [2.75, 3.05) is 60.1 Å². The number of fused-ring (bicyclic) bond motifs is 2. The number of hydrogen-bond donors (Lipinski definition) is 2. The number of hydrogen-bond acceptors (Lipinski definition) is 10.